The number of amides is 2. The van der Waals surface area contributed by atoms with Crippen LogP contribution in [0.2, 0.25) is 0 Å². The maximum atomic E-state index is 11.7. The Labute approximate surface area is 130 Å². The molecule has 21 heavy (non-hydrogen) atoms. The predicted molar refractivity (Wildman–Crippen MR) is 82.5 cm³/mol. The lowest BCUT2D eigenvalue weighted by Gasteiger charge is -2.22. The quantitative estimate of drug-likeness (QED) is 0.831. The van der Waals surface area contributed by atoms with Gasteiger partial charge in [0.2, 0.25) is 11.8 Å². The van der Waals surface area contributed by atoms with Gasteiger partial charge < -0.3 is 5.32 Å². The number of nitrogens with one attached hydrogen (secondary N) is 2. The van der Waals surface area contributed by atoms with E-state index in [1.165, 1.54) is 0 Å². The van der Waals surface area contributed by atoms with E-state index in [0.29, 0.717) is 19.4 Å². The molecule has 1 aliphatic heterocycles. The number of rotatable bonds is 3. The van der Waals surface area contributed by atoms with Crippen LogP contribution in [0.1, 0.15) is 18.4 Å². The molecule has 0 aliphatic carbocycles. The number of pyridine rings is 1. The fourth-order valence-electron chi connectivity index (χ4n) is 2.46. The molecular formula is C15H14BrN3O2. The van der Waals surface area contributed by atoms with Gasteiger partial charge in [-0.25, -0.2) is 0 Å². The van der Waals surface area contributed by atoms with Crippen molar-refractivity contribution >= 4 is 38.6 Å². The lowest BCUT2D eigenvalue weighted by Crippen LogP contribution is -2.50. The first-order valence-corrected chi connectivity index (χ1v) is 7.53. The molecule has 2 aromatic rings. The van der Waals surface area contributed by atoms with Gasteiger partial charge in [-0.2, -0.15) is 0 Å². The van der Waals surface area contributed by atoms with Crippen LogP contribution in [0.25, 0.3) is 10.9 Å². The highest BCUT2D eigenvalue weighted by molar-refractivity contribution is 9.10. The van der Waals surface area contributed by atoms with E-state index in [0.717, 1.165) is 20.9 Å². The molecule has 3 rings (SSSR count). The zero-order valence-corrected chi connectivity index (χ0v) is 12.8. The molecule has 1 saturated heterocycles. The van der Waals surface area contributed by atoms with Gasteiger partial charge >= 0.3 is 0 Å². The Morgan fingerprint density at radius 2 is 2.19 bits per heavy atom. The topological polar surface area (TPSA) is 71.1 Å². The summed E-state index contributed by atoms with van der Waals surface area (Å²) in [6.45, 7) is 0.535. The van der Waals surface area contributed by atoms with E-state index in [1.807, 2.05) is 24.3 Å². The largest absolute Gasteiger partial charge is 0.302 e. The van der Waals surface area contributed by atoms with Gasteiger partial charge in [0.05, 0.1) is 11.6 Å². The summed E-state index contributed by atoms with van der Waals surface area (Å²) >= 11 is 3.51. The van der Waals surface area contributed by atoms with Gasteiger partial charge in [0.15, 0.2) is 0 Å². The summed E-state index contributed by atoms with van der Waals surface area (Å²) in [6, 6.07) is 7.53. The highest BCUT2D eigenvalue weighted by Gasteiger charge is 2.25. The minimum absolute atomic E-state index is 0.200. The standard InChI is InChI=1S/C15H14BrN3O2/c16-11-4-3-9(14-10(11)2-1-7-17-14)8-18-12-5-6-13(20)19-15(12)21/h1-4,7,12,18H,5-6,8H2,(H,19,20,21). The molecule has 5 nitrogen and oxygen atoms in total. The molecule has 1 atom stereocenters. The average molecular weight is 348 g/mol. The van der Waals surface area contributed by atoms with Crippen molar-refractivity contribution in [2.24, 2.45) is 0 Å². The van der Waals surface area contributed by atoms with Crippen molar-refractivity contribution in [3.63, 3.8) is 0 Å². The van der Waals surface area contributed by atoms with Crippen LogP contribution in [-0.4, -0.2) is 22.8 Å². The molecule has 1 fully saturated rings. The van der Waals surface area contributed by atoms with E-state index >= 15 is 0 Å². The summed E-state index contributed by atoms with van der Waals surface area (Å²) in [5.74, 6) is -0.450. The molecule has 0 spiro atoms. The normalized spacial score (nSPS) is 18.8. The van der Waals surface area contributed by atoms with Gasteiger partial charge in [0, 0.05) is 29.0 Å². The number of benzene rings is 1. The first kappa shape index (κ1) is 14.2. The number of fused-ring (bicyclic) bond motifs is 1. The molecular weight excluding hydrogens is 334 g/mol. The summed E-state index contributed by atoms with van der Waals surface area (Å²) in [5, 5.41) is 6.59. The lowest BCUT2D eigenvalue weighted by atomic mass is 10.0. The van der Waals surface area contributed by atoms with Gasteiger partial charge in [-0.3, -0.25) is 19.9 Å². The maximum Gasteiger partial charge on any atom is 0.243 e. The fourth-order valence-corrected chi connectivity index (χ4v) is 2.91. The van der Waals surface area contributed by atoms with Gasteiger partial charge in [0.1, 0.15) is 0 Å². The van der Waals surface area contributed by atoms with E-state index < -0.39 is 0 Å². The Morgan fingerprint density at radius 3 is 3.00 bits per heavy atom. The van der Waals surface area contributed by atoms with Crippen LogP contribution in [0, 0.1) is 0 Å². The second kappa shape index (κ2) is 5.91. The summed E-state index contributed by atoms with van der Waals surface area (Å²) in [5.41, 5.74) is 1.94. The summed E-state index contributed by atoms with van der Waals surface area (Å²) < 4.78 is 0.996. The Balaban J connectivity index is 1.78. The number of halogens is 1. The molecule has 0 radical (unpaired) electrons. The first-order chi connectivity index (χ1) is 10.1. The summed E-state index contributed by atoms with van der Waals surface area (Å²) in [4.78, 5) is 27.3. The third-order valence-corrected chi connectivity index (χ3v) is 4.27. The molecule has 2 heterocycles. The fraction of sp³-hybridized carbons (Fsp3) is 0.267. The minimum atomic E-state index is -0.329. The summed E-state index contributed by atoms with van der Waals surface area (Å²) in [6.07, 6.45) is 2.67. The molecule has 0 bridgehead atoms. The third kappa shape index (κ3) is 2.96. The van der Waals surface area contributed by atoms with Crippen molar-refractivity contribution in [2.45, 2.75) is 25.4 Å². The Hall–Kier alpha value is -1.79. The van der Waals surface area contributed by atoms with Crippen molar-refractivity contribution in [3.05, 3.63) is 40.5 Å². The van der Waals surface area contributed by atoms with Crippen molar-refractivity contribution in [2.75, 3.05) is 0 Å². The second-order valence-corrected chi connectivity index (χ2v) is 5.85. The SMILES string of the molecule is O=C1CCC(NCc2ccc(Br)c3cccnc23)C(=O)N1. The predicted octanol–water partition coefficient (Wildman–Crippen LogP) is 1.89. The van der Waals surface area contributed by atoms with E-state index in [-0.39, 0.29) is 17.9 Å². The number of hydrogen-bond donors (Lipinski definition) is 2. The smallest absolute Gasteiger partial charge is 0.243 e. The van der Waals surface area contributed by atoms with Crippen LogP contribution in [0.5, 0.6) is 0 Å². The number of hydrogen-bond acceptors (Lipinski definition) is 4. The minimum Gasteiger partial charge on any atom is -0.302 e. The van der Waals surface area contributed by atoms with Crippen LogP contribution >= 0.6 is 15.9 Å². The van der Waals surface area contributed by atoms with E-state index in [2.05, 4.69) is 31.5 Å². The third-order valence-electron chi connectivity index (χ3n) is 3.58. The molecule has 6 heteroatoms. The molecule has 1 aromatic heterocycles. The molecule has 108 valence electrons. The molecule has 1 aromatic carbocycles. The Bertz CT molecular complexity index is 717. The molecule has 2 N–H and O–H groups in total. The maximum absolute atomic E-state index is 11.7. The van der Waals surface area contributed by atoms with Crippen molar-refractivity contribution in [1.29, 1.82) is 0 Å². The number of aromatic nitrogens is 1. The molecule has 0 saturated carbocycles. The van der Waals surface area contributed by atoms with Crippen LogP contribution in [0.4, 0.5) is 0 Å². The molecule has 1 unspecified atom stereocenters. The van der Waals surface area contributed by atoms with E-state index in [9.17, 15) is 9.59 Å². The van der Waals surface area contributed by atoms with Crippen molar-refractivity contribution < 1.29 is 9.59 Å². The average Bonchev–Trinajstić information content (AvgIpc) is 2.48. The number of carbonyl (C=O) groups is 2. The Kier molecular flexibility index (Phi) is 3.98. The van der Waals surface area contributed by atoms with Crippen molar-refractivity contribution in [1.82, 2.24) is 15.6 Å². The molecule has 1 aliphatic rings. The number of nitrogens with zero attached hydrogens (tertiary/aromatic N) is 1. The van der Waals surface area contributed by atoms with Crippen LogP contribution in [0.15, 0.2) is 34.9 Å². The van der Waals surface area contributed by atoms with Gasteiger partial charge in [-0.1, -0.05) is 28.1 Å². The Morgan fingerprint density at radius 1 is 1.33 bits per heavy atom. The number of piperidine rings is 1. The van der Waals surface area contributed by atoms with Crippen LogP contribution in [-0.2, 0) is 16.1 Å². The second-order valence-electron chi connectivity index (χ2n) is 4.99. The van der Waals surface area contributed by atoms with E-state index in [4.69, 9.17) is 0 Å². The van der Waals surface area contributed by atoms with Crippen LogP contribution < -0.4 is 10.6 Å². The highest BCUT2D eigenvalue weighted by Crippen LogP contribution is 2.25. The van der Waals surface area contributed by atoms with Crippen molar-refractivity contribution in [3.8, 4) is 0 Å². The van der Waals surface area contributed by atoms with Gasteiger partial charge in [0.25, 0.3) is 0 Å². The van der Waals surface area contributed by atoms with E-state index in [1.54, 1.807) is 6.20 Å². The molecule has 2 amide bonds. The lowest BCUT2D eigenvalue weighted by molar-refractivity contribution is -0.134. The van der Waals surface area contributed by atoms with Gasteiger partial charge in [-0.05, 0) is 24.1 Å². The summed E-state index contributed by atoms with van der Waals surface area (Å²) in [7, 11) is 0. The first-order valence-electron chi connectivity index (χ1n) is 6.74. The zero-order chi connectivity index (χ0) is 14.8. The zero-order valence-electron chi connectivity index (χ0n) is 11.2. The highest BCUT2D eigenvalue weighted by atomic mass is 79.9. The number of imide groups is 1. The van der Waals surface area contributed by atoms with Crippen LogP contribution in [0.3, 0.4) is 0 Å². The number of carbonyl (C=O) groups excluding carboxylic acids is 2. The monoisotopic (exact) mass is 347 g/mol. The van der Waals surface area contributed by atoms with Gasteiger partial charge in [-0.15, -0.1) is 0 Å².